The van der Waals surface area contributed by atoms with Crippen LogP contribution >= 0.6 is 0 Å². The Bertz CT molecular complexity index is 267. The van der Waals surface area contributed by atoms with Gasteiger partial charge in [0.2, 0.25) is 0 Å². The van der Waals surface area contributed by atoms with Crippen LogP contribution in [0.3, 0.4) is 0 Å². The normalized spacial score (nSPS) is 18.3. The first-order chi connectivity index (χ1) is 10.8. The lowest BCUT2D eigenvalue weighted by Crippen LogP contribution is -2.24. The third kappa shape index (κ3) is 11.9. The molecule has 7 heteroatoms. The van der Waals surface area contributed by atoms with E-state index in [9.17, 15) is 4.79 Å². The van der Waals surface area contributed by atoms with Gasteiger partial charge in [0.25, 0.3) is 0 Å². The van der Waals surface area contributed by atoms with Gasteiger partial charge in [-0.3, -0.25) is 4.79 Å². The monoisotopic (exact) mass is 320 g/mol. The van der Waals surface area contributed by atoms with Gasteiger partial charge in [-0.25, -0.2) is 0 Å². The van der Waals surface area contributed by atoms with Crippen LogP contribution in [-0.4, -0.2) is 71.7 Å². The van der Waals surface area contributed by atoms with Crippen molar-refractivity contribution in [3.63, 3.8) is 0 Å². The Hall–Kier alpha value is -0.730. The second-order valence-electron chi connectivity index (χ2n) is 4.84. The van der Waals surface area contributed by atoms with Crippen LogP contribution in [0, 0.1) is 0 Å². The number of hydrogen-bond donors (Lipinski definition) is 0. The van der Waals surface area contributed by atoms with E-state index in [0.717, 1.165) is 19.4 Å². The van der Waals surface area contributed by atoms with Crippen LogP contribution in [-0.2, 0) is 33.2 Å². The number of rotatable bonds is 13. The molecule has 0 saturated carbocycles. The van der Waals surface area contributed by atoms with Crippen molar-refractivity contribution in [1.82, 2.24) is 0 Å². The molecule has 0 radical (unpaired) electrons. The molecule has 0 aromatic heterocycles. The molecule has 1 aliphatic heterocycles. The summed E-state index contributed by atoms with van der Waals surface area (Å²) in [4.78, 5) is 10.5. The number of ether oxygens (including phenoxy) is 6. The van der Waals surface area contributed by atoms with Gasteiger partial charge in [-0.05, 0) is 19.3 Å². The van der Waals surface area contributed by atoms with Gasteiger partial charge < -0.3 is 28.4 Å². The maximum Gasteiger partial charge on any atom is 0.302 e. The van der Waals surface area contributed by atoms with Gasteiger partial charge in [0.05, 0.1) is 46.2 Å². The molecule has 0 N–H and O–H groups in total. The zero-order valence-electron chi connectivity index (χ0n) is 13.4. The minimum absolute atomic E-state index is 0.0577. The molecule has 7 nitrogen and oxygen atoms in total. The van der Waals surface area contributed by atoms with Gasteiger partial charge in [-0.15, -0.1) is 0 Å². The molecule has 0 bridgehead atoms. The third-order valence-corrected chi connectivity index (χ3v) is 2.95. The lowest BCUT2D eigenvalue weighted by atomic mass is 10.2. The predicted octanol–water partition coefficient (Wildman–Crippen LogP) is 1.14. The van der Waals surface area contributed by atoms with E-state index in [1.54, 1.807) is 0 Å². The Balaban J connectivity index is 1.70. The number of carbonyl (C=O) groups excluding carboxylic acids is 1. The first-order valence-corrected chi connectivity index (χ1v) is 7.89. The lowest BCUT2D eigenvalue weighted by Gasteiger charge is -2.22. The second kappa shape index (κ2) is 13.9. The van der Waals surface area contributed by atoms with Crippen LogP contribution in [0.5, 0.6) is 0 Å². The Labute approximate surface area is 132 Å². The zero-order valence-corrected chi connectivity index (χ0v) is 13.4. The fourth-order valence-corrected chi connectivity index (χ4v) is 1.87. The minimum atomic E-state index is -0.295. The molecule has 130 valence electrons. The largest absolute Gasteiger partial charge is 0.463 e. The summed E-state index contributed by atoms with van der Waals surface area (Å²) in [7, 11) is 0. The summed E-state index contributed by atoms with van der Waals surface area (Å²) < 4.78 is 31.7. The van der Waals surface area contributed by atoms with E-state index in [1.165, 1.54) is 13.3 Å². The molecule has 1 heterocycles. The summed E-state index contributed by atoms with van der Waals surface area (Å²) in [5.41, 5.74) is 0. The van der Waals surface area contributed by atoms with E-state index in [4.69, 9.17) is 28.4 Å². The standard InChI is InChI=1S/C15H28O7/c1-14(16)20-12-10-18-8-6-17-7-9-19-11-13-22-15-4-2-3-5-21-15/h15H,2-13H2,1H3. The molecule has 22 heavy (non-hydrogen) atoms. The maximum atomic E-state index is 10.5. The smallest absolute Gasteiger partial charge is 0.302 e. The van der Waals surface area contributed by atoms with E-state index in [2.05, 4.69) is 0 Å². The number of carbonyl (C=O) groups is 1. The van der Waals surface area contributed by atoms with Crippen LogP contribution in [0.2, 0.25) is 0 Å². The topological polar surface area (TPSA) is 72.5 Å². The van der Waals surface area contributed by atoms with Crippen LogP contribution < -0.4 is 0 Å². The number of hydrogen-bond acceptors (Lipinski definition) is 7. The van der Waals surface area contributed by atoms with Crippen molar-refractivity contribution in [2.45, 2.75) is 32.5 Å². The zero-order chi connectivity index (χ0) is 15.9. The van der Waals surface area contributed by atoms with E-state index in [-0.39, 0.29) is 18.9 Å². The summed E-state index contributed by atoms with van der Waals surface area (Å²) in [5.74, 6) is -0.295. The highest BCUT2D eigenvalue weighted by Gasteiger charge is 2.13. The summed E-state index contributed by atoms with van der Waals surface area (Å²) in [6.45, 7) is 5.95. The Kier molecular flexibility index (Phi) is 12.2. The fraction of sp³-hybridized carbons (Fsp3) is 0.933. The van der Waals surface area contributed by atoms with Crippen molar-refractivity contribution >= 4 is 5.97 Å². The Morgan fingerprint density at radius 2 is 1.50 bits per heavy atom. The van der Waals surface area contributed by atoms with Crippen LogP contribution in [0.1, 0.15) is 26.2 Å². The highest BCUT2D eigenvalue weighted by atomic mass is 16.7. The first-order valence-electron chi connectivity index (χ1n) is 7.89. The molecular formula is C15H28O7. The molecule has 1 saturated heterocycles. The van der Waals surface area contributed by atoms with E-state index >= 15 is 0 Å². The molecule has 1 unspecified atom stereocenters. The molecule has 0 amide bonds. The quantitative estimate of drug-likeness (QED) is 0.372. The van der Waals surface area contributed by atoms with Crippen molar-refractivity contribution in [2.75, 3.05) is 59.5 Å². The van der Waals surface area contributed by atoms with Crippen molar-refractivity contribution in [1.29, 1.82) is 0 Å². The minimum Gasteiger partial charge on any atom is -0.463 e. The Morgan fingerprint density at radius 1 is 0.909 bits per heavy atom. The molecule has 0 aliphatic carbocycles. The molecule has 1 atom stereocenters. The van der Waals surface area contributed by atoms with Gasteiger partial charge in [0, 0.05) is 13.5 Å². The van der Waals surface area contributed by atoms with Gasteiger partial charge in [0.1, 0.15) is 6.61 Å². The van der Waals surface area contributed by atoms with Crippen LogP contribution in [0.15, 0.2) is 0 Å². The maximum absolute atomic E-state index is 10.5. The number of esters is 1. The fourth-order valence-electron chi connectivity index (χ4n) is 1.87. The second-order valence-corrected chi connectivity index (χ2v) is 4.84. The average Bonchev–Trinajstić information content (AvgIpc) is 2.52. The van der Waals surface area contributed by atoms with Gasteiger partial charge >= 0.3 is 5.97 Å². The predicted molar refractivity (Wildman–Crippen MR) is 78.6 cm³/mol. The molecule has 1 fully saturated rings. The molecule has 0 spiro atoms. The van der Waals surface area contributed by atoms with Gasteiger partial charge in [0.15, 0.2) is 6.29 Å². The van der Waals surface area contributed by atoms with Crippen molar-refractivity contribution in [3.8, 4) is 0 Å². The van der Waals surface area contributed by atoms with Crippen LogP contribution in [0.4, 0.5) is 0 Å². The highest BCUT2D eigenvalue weighted by Crippen LogP contribution is 2.13. The third-order valence-electron chi connectivity index (χ3n) is 2.95. The van der Waals surface area contributed by atoms with Crippen molar-refractivity contribution < 1.29 is 33.2 Å². The van der Waals surface area contributed by atoms with E-state index < -0.39 is 0 Å². The first kappa shape index (κ1) is 19.3. The lowest BCUT2D eigenvalue weighted by molar-refractivity contribution is -0.169. The Morgan fingerprint density at radius 3 is 2.05 bits per heavy atom. The summed E-state index contributed by atoms with van der Waals surface area (Å²) in [5, 5.41) is 0. The molecule has 0 aromatic rings. The summed E-state index contributed by atoms with van der Waals surface area (Å²) in [6.07, 6.45) is 3.21. The average molecular weight is 320 g/mol. The van der Waals surface area contributed by atoms with Gasteiger partial charge in [-0.2, -0.15) is 0 Å². The molecule has 1 aliphatic rings. The molecule has 0 aromatic carbocycles. The van der Waals surface area contributed by atoms with E-state index in [1.807, 2.05) is 0 Å². The van der Waals surface area contributed by atoms with Crippen molar-refractivity contribution in [3.05, 3.63) is 0 Å². The summed E-state index contributed by atoms with van der Waals surface area (Å²) in [6, 6.07) is 0. The SMILES string of the molecule is CC(=O)OCCOCCOCCOCCOC1CCCCO1. The van der Waals surface area contributed by atoms with Crippen molar-refractivity contribution in [2.24, 2.45) is 0 Å². The summed E-state index contributed by atoms with van der Waals surface area (Å²) >= 11 is 0. The highest BCUT2D eigenvalue weighted by molar-refractivity contribution is 5.65. The van der Waals surface area contributed by atoms with Crippen LogP contribution in [0.25, 0.3) is 0 Å². The molecule has 1 rings (SSSR count). The molecular weight excluding hydrogens is 292 g/mol. The van der Waals surface area contributed by atoms with E-state index in [0.29, 0.717) is 46.2 Å². The van der Waals surface area contributed by atoms with Gasteiger partial charge in [-0.1, -0.05) is 0 Å².